The molecule has 2 aromatic rings. The fourth-order valence-electron chi connectivity index (χ4n) is 1.81. The smallest absolute Gasteiger partial charge is 0.280 e. The lowest BCUT2D eigenvalue weighted by atomic mass is 10.2. The van der Waals surface area contributed by atoms with Gasteiger partial charge in [0, 0.05) is 5.56 Å². The zero-order valence-electron chi connectivity index (χ0n) is 12.7. The van der Waals surface area contributed by atoms with Gasteiger partial charge in [-0.05, 0) is 28.1 Å². The van der Waals surface area contributed by atoms with E-state index in [0.717, 1.165) is 5.56 Å². The summed E-state index contributed by atoms with van der Waals surface area (Å²) in [6, 6.07) is 3.50. The maximum absolute atomic E-state index is 11.4. The highest BCUT2D eigenvalue weighted by molar-refractivity contribution is 9.10. The van der Waals surface area contributed by atoms with Crippen molar-refractivity contribution in [3.05, 3.63) is 38.7 Å². The maximum Gasteiger partial charge on any atom is 0.280 e. The number of methoxy groups -OCH3 is 3. The molecule has 1 aromatic heterocycles. The number of anilines is 1. The Labute approximate surface area is 140 Å². The number of hydrogen-bond acceptors (Lipinski definition) is 7. The lowest BCUT2D eigenvalue weighted by Crippen LogP contribution is -2.10. The van der Waals surface area contributed by atoms with Crippen molar-refractivity contribution >= 4 is 27.8 Å². The molecule has 1 heterocycles. The van der Waals surface area contributed by atoms with Gasteiger partial charge in [0.2, 0.25) is 5.75 Å². The quantitative estimate of drug-likeness (QED) is 0.585. The first-order valence-electron chi connectivity index (χ1n) is 6.43. The third-order valence-corrected chi connectivity index (χ3v) is 3.67. The molecule has 0 spiro atoms. The molecule has 0 aliphatic heterocycles. The Hall–Kier alpha value is -2.55. The second-order valence-electron chi connectivity index (χ2n) is 4.26. The lowest BCUT2D eigenvalue weighted by Gasteiger charge is -2.12. The molecule has 122 valence electrons. The molecule has 8 nitrogen and oxygen atoms in total. The van der Waals surface area contributed by atoms with E-state index in [4.69, 9.17) is 14.2 Å². The van der Waals surface area contributed by atoms with Crippen LogP contribution in [0.1, 0.15) is 5.56 Å². The molecule has 9 heteroatoms. The number of ether oxygens (including phenoxy) is 3. The van der Waals surface area contributed by atoms with Crippen LogP contribution in [0.2, 0.25) is 0 Å². The van der Waals surface area contributed by atoms with Crippen molar-refractivity contribution in [2.24, 2.45) is 5.10 Å². The summed E-state index contributed by atoms with van der Waals surface area (Å²) in [5.41, 5.74) is 3.55. The third-order valence-electron chi connectivity index (χ3n) is 2.88. The minimum absolute atomic E-state index is 0.314. The van der Waals surface area contributed by atoms with Crippen molar-refractivity contribution in [3.63, 3.8) is 0 Å². The van der Waals surface area contributed by atoms with E-state index in [2.05, 4.69) is 36.7 Å². The van der Waals surface area contributed by atoms with Crippen molar-refractivity contribution < 1.29 is 14.2 Å². The second-order valence-corrected chi connectivity index (χ2v) is 5.05. The Bertz CT molecular complexity index is 751. The predicted molar refractivity (Wildman–Crippen MR) is 89.9 cm³/mol. The van der Waals surface area contributed by atoms with Gasteiger partial charge in [0.25, 0.3) is 5.56 Å². The number of hydrazone groups is 1. The van der Waals surface area contributed by atoms with Gasteiger partial charge < -0.3 is 14.2 Å². The molecule has 1 aromatic carbocycles. The molecule has 0 radical (unpaired) electrons. The first-order valence-corrected chi connectivity index (χ1v) is 7.22. The number of hydrogen-bond donors (Lipinski definition) is 2. The Morgan fingerprint density at radius 1 is 1.22 bits per heavy atom. The maximum atomic E-state index is 11.4. The van der Waals surface area contributed by atoms with Gasteiger partial charge in [0.1, 0.15) is 4.47 Å². The van der Waals surface area contributed by atoms with E-state index < -0.39 is 0 Å². The van der Waals surface area contributed by atoms with Gasteiger partial charge in [-0.2, -0.15) is 10.2 Å². The van der Waals surface area contributed by atoms with E-state index in [1.807, 2.05) is 0 Å². The minimum Gasteiger partial charge on any atom is -0.493 e. The van der Waals surface area contributed by atoms with Crippen molar-refractivity contribution in [3.8, 4) is 17.2 Å². The Balaban J connectivity index is 2.25. The Morgan fingerprint density at radius 2 is 1.87 bits per heavy atom. The number of benzene rings is 1. The molecular weight excluding hydrogens is 368 g/mol. The fourth-order valence-corrected chi connectivity index (χ4v) is 2.09. The van der Waals surface area contributed by atoms with Crippen molar-refractivity contribution in [2.45, 2.75) is 0 Å². The summed E-state index contributed by atoms with van der Waals surface area (Å²) in [5, 5.41) is 10.1. The van der Waals surface area contributed by atoms with Gasteiger partial charge in [0.05, 0.1) is 39.4 Å². The van der Waals surface area contributed by atoms with Crippen LogP contribution in [-0.4, -0.2) is 37.7 Å². The molecular formula is C14H15BrN4O4. The summed E-state index contributed by atoms with van der Waals surface area (Å²) >= 11 is 3.15. The van der Waals surface area contributed by atoms with Crippen LogP contribution in [0.3, 0.4) is 0 Å². The van der Waals surface area contributed by atoms with E-state index in [0.29, 0.717) is 27.4 Å². The number of nitrogens with one attached hydrogen (secondary N) is 2. The van der Waals surface area contributed by atoms with Crippen LogP contribution in [0.5, 0.6) is 17.2 Å². The summed E-state index contributed by atoms with van der Waals surface area (Å²) < 4.78 is 16.1. The molecule has 0 amide bonds. The van der Waals surface area contributed by atoms with Crippen molar-refractivity contribution in [1.82, 2.24) is 10.2 Å². The molecule has 0 bridgehead atoms. The lowest BCUT2D eigenvalue weighted by molar-refractivity contribution is 0.324. The molecule has 0 fully saturated rings. The summed E-state index contributed by atoms with van der Waals surface area (Å²) in [5.74, 6) is 1.54. The number of H-pyrrole nitrogens is 1. The van der Waals surface area contributed by atoms with E-state index >= 15 is 0 Å². The molecule has 0 unspecified atom stereocenters. The van der Waals surface area contributed by atoms with E-state index in [-0.39, 0.29) is 5.56 Å². The standard InChI is InChI=1S/C14H15BrN4O4/c1-21-10-4-8(5-11(22-2)13(10)23-3)6-16-18-9-7-17-19-14(20)12(9)15/h4-7H,1-3H3,(H2,18,19,20)/b16-6+. The average molecular weight is 383 g/mol. The average Bonchev–Trinajstić information content (AvgIpc) is 2.57. The van der Waals surface area contributed by atoms with Crippen molar-refractivity contribution in [1.29, 1.82) is 0 Å². The fraction of sp³-hybridized carbons (Fsp3) is 0.214. The van der Waals surface area contributed by atoms with Gasteiger partial charge in [-0.25, -0.2) is 5.10 Å². The summed E-state index contributed by atoms with van der Waals surface area (Å²) in [7, 11) is 4.61. The molecule has 0 aliphatic rings. The normalized spacial score (nSPS) is 10.6. The molecule has 0 saturated carbocycles. The van der Waals surface area contributed by atoms with Crippen LogP contribution in [0.25, 0.3) is 0 Å². The summed E-state index contributed by atoms with van der Waals surface area (Å²) in [6.45, 7) is 0. The van der Waals surface area contributed by atoms with Crippen LogP contribution < -0.4 is 25.2 Å². The Morgan fingerprint density at radius 3 is 2.43 bits per heavy atom. The molecule has 2 rings (SSSR count). The second kappa shape index (κ2) is 7.63. The minimum atomic E-state index is -0.349. The highest BCUT2D eigenvalue weighted by atomic mass is 79.9. The number of rotatable bonds is 6. The number of aromatic amines is 1. The largest absolute Gasteiger partial charge is 0.493 e. The zero-order chi connectivity index (χ0) is 16.8. The van der Waals surface area contributed by atoms with Crippen LogP contribution in [0, 0.1) is 0 Å². The van der Waals surface area contributed by atoms with Gasteiger partial charge in [0.15, 0.2) is 11.5 Å². The van der Waals surface area contributed by atoms with E-state index in [1.54, 1.807) is 18.3 Å². The van der Waals surface area contributed by atoms with Gasteiger partial charge >= 0.3 is 0 Å². The van der Waals surface area contributed by atoms with Crippen LogP contribution in [-0.2, 0) is 0 Å². The van der Waals surface area contributed by atoms with Crippen LogP contribution in [0.4, 0.5) is 5.69 Å². The highest BCUT2D eigenvalue weighted by Crippen LogP contribution is 2.37. The van der Waals surface area contributed by atoms with Gasteiger partial charge in [-0.1, -0.05) is 0 Å². The molecule has 2 N–H and O–H groups in total. The highest BCUT2D eigenvalue weighted by Gasteiger charge is 2.12. The monoisotopic (exact) mass is 382 g/mol. The topological polar surface area (TPSA) is 97.8 Å². The first-order chi connectivity index (χ1) is 11.1. The van der Waals surface area contributed by atoms with Gasteiger partial charge in [-0.15, -0.1) is 0 Å². The summed E-state index contributed by atoms with van der Waals surface area (Å²) in [4.78, 5) is 11.4. The van der Waals surface area contributed by atoms with Crippen molar-refractivity contribution in [2.75, 3.05) is 26.8 Å². The molecule has 0 aliphatic carbocycles. The summed E-state index contributed by atoms with van der Waals surface area (Å²) in [6.07, 6.45) is 3.00. The number of nitrogens with zero attached hydrogens (tertiary/aromatic N) is 2. The number of halogens is 1. The van der Waals surface area contributed by atoms with Crippen LogP contribution >= 0.6 is 15.9 Å². The molecule has 23 heavy (non-hydrogen) atoms. The van der Waals surface area contributed by atoms with Crippen LogP contribution in [0.15, 0.2) is 32.7 Å². The number of aromatic nitrogens is 2. The Kier molecular flexibility index (Phi) is 5.58. The first kappa shape index (κ1) is 16.8. The molecule has 0 atom stereocenters. The van der Waals surface area contributed by atoms with Gasteiger partial charge in [-0.3, -0.25) is 10.2 Å². The third kappa shape index (κ3) is 3.81. The zero-order valence-corrected chi connectivity index (χ0v) is 14.3. The van der Waals surface area contributed by atoms with E-state index in [1.165, 1.54) is 27.5 Å². The SMILES string of the molecule is COc1cc(/C=N/Nc2cn[nH]c(=O)c2Br)cc(OC)c1OC. The predicted octanol–water partition coefficient (Wildman–Crippen LogP) is 2.00. The molecule has 0 saturated heterocycles. The van der Waals surface area contributed by atoms with E-state index in [9.17, 15) is 4.79 Å².